The van der Waals surface area contributed by atoms with E-state index in [0.717, 1.165) is 12.1 Å². The smallest absolute Gasteiger partial charge is 0.132 e. The van der Waals surface area contributed by atoms with E-state index in [1.807, 2.05) is 0 Å². The Morgan fingerprint density at radius 1 is 1.00 bits per heavy atom. The standard InChI is InChI=1S/C15H14F2O3/c1-19-12-4-3-5-13(20-2)14(12)15(18)10-7-6-9(16)8-11(10)17/h3-8,15,18H,1-2H3. The zero-order valence-electron chi connectivity index (χ0n) is 11.1. The summed E-state index contributed by atoms with van der Waals surface area (Å²) in [5.41, 5.74) is 0.247. The van der Waals surface area contributed by atoms with Crippen molar-refractivity contribution in [3.8, 4) is 11.5 Å². The number of rotatable bonds is 4. The third kappa shape index (κ3) is 2.58. The van der Waals surface area contributed by atoms with Gasteiger partial charge in [0.05, 0.1) is 19.8 Å². The molecule has 0 aliphatic rings. The van der Waals surface area contributed by atoms with E-state index >= 15 is 0 Å². The maximum absolute atomic E-state index is 13.8. The van der Waals surface area contributed by atoms with Gasteiger partial charge in [-0.2, -0.15) is 0 Å². The minimum atomic E-state index is -1.32. The highest BCUT2D eigenvalue weighted by Gasteiger charge is 2.23. The van der Waals surface area contributed by atoms with E-state index in [0.29, 0.717) is 17.1 Å². The summed E-state index contributed by atoms with van der Waals surface area (Å²) in [5.74, 6) is -0.808. The molecule has 0 spiro atoms. The van der Waals surface area contributed by atoms with Crippen molar-refractivity contribution in [1.29, 1.82) is 0 Å². The fourth-order valence-electron chi connectivity index (χ4n) is 2.03. The molecule has 0 aromatic heterocycles. The molecule has 0 saturated carbocycles. The van der Waals surface area contributed by atoms with Gasteiger partial charge in [0.15, 0.2) is 0 Å². The molecule has 0 fully saturated rings. The van der Waals surface area contributed by atoms with Gasteiger partial charge >= 0.3 is 0 Å². The van der Waals surface area contributed by atoms with E-state index in [9.17, 15) is 13.9 Å². The van der Waals surface area contributed by atoms with Crippen molar-refractivity contribution in [2.24, 2.45) is 0 Å². The van der Waals surface area contributed by atoms with Crippen molar-refractivity contribution in [3.63, 3.8) is 0 Å². The Labute approximate surface area is 115 Å². The molecule has 0 radical (unpaired) electrons. The van der Waals surface area contributed by atoms with Crippen LogP contribution in [0.2, 0.25) is 0 Å². The molecule has 1 atom stereocenters. The van der Waals surface area contributed by atoms with Gasteiger partial charge in [0, 0.05) is 11.6 Å². The zero-order chi connectivity index (χ0) is 14.7. The van der Waals surface area contributed by atoms with Crippen molar-refractivity contribution in [1.82, 2.24) is 0 Å². The van der Waals surface area contributed by atoms with Crippen LogP contribution in [-0.4, -0.2) is 19.3 Å². The van der Waals surface area contributed by atoms with Crippen molar-refractivity contribution in [2.75, 3.05) is 14.2 Å². The molecular weight excluding hydrogens is 266 g/mol. The first-order valence-electron chi connectivity index (χ1n) is 5.92. The number of hydrogen-bond acceptors (Lipinski definition) is 3. The summed E-state index contributed by atoms with van der Waals surface area (Å²) in [4.78, 5) is 0. The molecule has 106 valence electrons. The highest BCUT2D eigenvalue weighted by molar-refractivity contribution is 5.49. The average molecular weight is 280 g/mol. The van der Waals surface area contributed by atoms with Crippen LogP contribution < -0.4 is 9.47 Å². The molecule has 0 aliphatic heterocycles. The molecule has 0 bridgehead atoms. The first-order chi connectivity index (χ1) is 9.58. The van der Waals surface area contributed by atoms with Gasteiger partial charge < -0.3 is 14.6 Å². The number of methoxy groups -OCH3 is 2. The fraction of sp³-hybridized carbons (Fsp3) is 0.200. The number of aliphatic hydroxyl groups is 1. The van der Waals surface area contributed by atoms with Crippen LogP contribution in [0.3, 0.4) is 0 Å². The molecular formula is C15H14F2O3. The molecule has 0 saturated heterocycles. The number of ether oxygens (including phenoxy) is 2. The van der Waals surface area contributed by atoms with Crippen LogP contribution in [0.15, 0.2) is 36.4 Å². The van der Waals surface area contributed by atoms with Crippen molar-refractivity contribution in [3.05, 3.63) is 59.2 Å². The second kappa shape index (κ2) is 5.88. The molecule has 2 aromatic rings. The Bertz CT molecular complexity index is 592. The molecule has 0 heterocycles. The minimum absolute atomic E-state index is 0.0470. The van der Waals surface area contributed by atoms with Crippen LogP contribution in [-0.2, 0) is 0 Å². The van der Waals surface area contributed by atoms with Gasteiger partial charge in [0.1, 0.15) is 29.2 Å². The van der Waals surface area contributed by atoms with E-state index < -0.39 is 17.7 Å². The average Bonchev–Trinajstić information content (AvgIpc) is 2.45. The van der Waals surface area contributed by atoms with Crippen LogP contribution in [0.4, 0.5) is 8.78 Å². The van der Waals surface area contributed by atoms with E-state index in [2.05, 4.69) is 0 Å². The Balaban J connectivity index is 2.55. The Morgan fingerprint density at radius 3 is 2.10 bits per heavy atom. The van der Waals surface area contributed by atoms with E-state index in [-0.39, 0.29) is 5.56 Å². The van der Waals surface area contributed by atoms with Gasteiger partial charge in [0.2, 0.25) is 0 Å². The predicted molar refractivity (Wildman–Crippen MR) is 70.0 cm³/mol. The van der Waals surface area contributed by atoms with Crippen LogP contribution in [0.25, 0.3) is 0 Å². The molecule has 2 aromatic carbocycles. The van der Waals surface area contributed by atoms with Crippen LogP contribution in [0.1, 0.15) is 17.2 Å². The summed E-state index contributed by atoms with van der Waals surface area (Å²) in [6.07, 6.45) is -1.32. The van der Waals surface area contributed by atoms with E-state index in [1.165, 1.54) is 20.3 Å². The summed E-state index contributed by atoms with van der Waals surface area (Å²) in [5, 5.41) is 10.4. The van der Waals surface area contributed by atoms with Gasteiger partial charge in [-0.3, -0.25) is 0 Å². The van der Waals surface area contributed by atoms with Gasteiger partial charge in [-0.05, 0) is 18.2 Å². The van der Waals surface area contributed by atoms with Crippen molar-refractivity contribution in [2.45, 2.75) is 6.10 Å². The number of hydrogen-bond donors (Lipinski definition) is 1. The highest BCUT2D eigenvalue weighted by Crippen LogP contribution is 2.37. The minimum Gasteiger partial charge on any atom is -0.496 e. The molecule has 0 aliphatic carbocycles. The van der Waals surface area contributed by atoms with Crippen molar-refractivity contribution < 1.29 is 23.4 Å². The van der Waals surface area contributed by atoms with E-state index in [1.54, 1.807) is 18.2 Å². The summed E-state index contributed by atoms with van der Waals surface area (Å²) in [6.45, 7) is 0. The third-order valence-electron chi connectivity index (χ3n) is 3.00. The third-order valence-corrected chi connectivity index (χ3v) is 3.00. The van der Waals surface area contributed by atoms with Crippen LogP contribution >= 0.6 is 0 Å². The van der Waals surface area contributed by atoms with Crippen LogP contribution in [0, 0.1) is 11.6 Å². The lowest BCUT2D eigenvalue weighted by Gasteiger charge is -2.18. The van der Waals surface area contributed by atoms with E-state index in [4.69, 9.17) is 9.47 Å². The zero-order valence-corrected chi connectivity index (χ0v) is 11.1. The van der Waals surface area contributed by atoms with Gasteiger partial charge in [-0.15, -0.1) is 0 Å². The molecule has 1 unspecified atom stereocenters. The first-order valence-corrected chi connectivity index (χ1v) is 5.92. The maximum atomic E-state index is 13.8. The first kappa shape index (κ1) is 14.3. The second-order valence-electron chi connectivity index (χ2n) is 4.14. The summed E-state index contributed by atoms with van der Waals surface area (Å²) >= 11 is 0. The molecule has 2 rings (SSSR count). The SMILES string of the molecule is COc1cccc(OC)c1C(O)c1ccc(F)cc1F. The number of benzene rings is 2. The molecule has 20 heavy (non-hydrogen) atoms. The van der Waals surface area contributed by atoms with Crippen LogP contribution in [0.5, 0.6) is 11.5 Å². The summed E-state index contributed by atoms with van der Waals surface area (Å²) < 4.78 is 37.0. The lowest BCUT2D eigenvalue weighted by atomic mass is 9.99. The van der Waals surface area contributed by atoms with Gasteiger partial charge in [-0.25, -0.2) is 8.78 Å². The molecule has 3 nitrogen and oxygen atoms in total. The topological polar surface area (TPSA) is 38.7 Å². The maximum Gasteiger partial charge on any atom is 0.132 e. The number of halogens is 2. The Morgan fingerprint density at radius 2 is 1.60 bits per heavy atom. The largest absolute Gasteiger partial charge is 0.496 e. The summed E-state index contributed by atoms with van der Waals surface area (Å²) in [6, 6.07) is 7.95. The van der Waals surface area contributed by atoms with Gasteiger partial charge in [0.25, 0.3) is 0 Å². The Hall–Kier alpha value is -2.14. The number of aliphatic hydroxyl groups excluding tert-OH is 1. The molecule has 1 N–H and O–H groups in total. The lowest BCUT2D eigenvalue weighted by Crippen LogP contribution is -2.07. The monoisotopic (exact) mass is 280 g/mol. The van der Waals surface area contributed by atoms with Crippen molar-refractivity contribution >= 4 is 0 Å². The van der Waals surface area contributed by atoms with Gasteiger partial charge in [-0.1, -0.05) is 12.1 Å². The predicted octanol–water partition coefficient (Wildman–Crippen LogP) is 3.06. The normalized spacial score (nSPS) is 12.1. The molecule has 5 heteroatoms. The molecule has 0 amide bonds. The highest BCUT2D eigenvalue weighted by atomic mass is 19.1. The Kier molecular flexibility index (Phi) is 4.20. The quantitative estimate of drug-likeness (QED) is 0.935. The summed E-state index contributed by atoms with van der Waals surface area (Å²) in [7, 11) is 2.87. The fourth-order valence-corrected chi connectivity index (χ4v) is 2.03. The second-order valence-corrected chi connectivity index (χ2v) is 4.14. The lowest BCUT2D eigenvalue weighted by molar-refractivity contribution is 0.203.